The fraction of sp³-hybridized carbons (Fsp3) is 0.214. The van der Waals surface area contributed by atoms with E-state index in [-0.39, 0.29) is 12.3 Å². The number of nitrogens with one attached hydrogen (secondary N) is 1. The van der Waals surface area contributed by atoms with E-state index in [1.807, 2.05) is 24.3 Å². The second-order valence-electron chi connectivity index (χ2n) is 4.75. The molecule has 8 nitrogen and oxygen atoms in total. The van der Waals surface area contributed by atoms with Crippen molar-refractivity contribution in [2.75, 3.05) is 0 Å². The summed E-state index contributed by atoms with van der Waals surface area (Å²) in [6.45, 7) is 1.40. The molecule has 0 aliphatic heterocycles. The monoisotopic (exact) mass is 299 g/mol. The van der Waals surface area contributed by atoms with Gasteiger partial charge in [-0.15, -0.1) is 5.10 Å². The molecule has 0 saturated carbocycles. The molecule has 1 aromatic carbocycles. The minimum Gasteiger partial charge on any atom is -0.453 e. The Morgan fingerprint density at radius 2 is 2.18 bits per heavy atom. The van der Waals surface area contributed by atoms with Gasteiger partial charge in [0.25, 0.3) is 0 Å². The summed E-state index contributed by atoms with van der Waals surface area (Å²) in [5, 5.41) is 11.2. The number of hydrogen-bond donors (Lipinski definition) is 1. The third-order valence-electron chi connectivity index (χ3n) is 3.21. The van der Waals surface area contributed by atoms with Gasteiger partial charge in [-0.25, -0.2) is 4.68 Å². The fourth-order valence-corrected chi connectivity index (χ4v) is 2.17. The molecule has 112 valence electrons. The minimum absolute atomic E-state index is 0.140. The second kappa shape index (κ2) is 5.76. The zero-order valence-electron chi connectivity index (χ0n) is 11.8. The van der Waals surface area contributed by atoms with Crippen LogP contribution in [0.3, 0.4) is 0 Å². The molecule has 22 heavy (non-hydrogen) atoms. The van der Waals surface area contributed by atoms with Crippen LogP contribution in [0, 0.1) is 0 Å². The highest BCUT2D eigenvalue weighted by Crippen LogP contribution is 2.19. The molecule has 8 heteroatoms. The summed E-state index contributed by atoms with van der Waals surface area (Å²) in [5.41, 5.74) is 1.36. The fourth-order valence-electron chi connectivity index (χ4n) is 2.17. The standard InChI is InChI=1S/C14H13N5O3/c1-9(22-13(20)7-19-8-16-17-18-19)14(21)11-6-15-12-5-3-2-4-10(11)12/h2-6,8-9,15H,7H2,1H3. The lowest BCUT2D eigenvalue weighted by molar-refractivity contribution is -0.147. The number of nitrogens with zero attached hydrogens (tertiary/aromatic N) is 4. The van der Waals surface area contributed by atoms with Gasteiger partial charge in [-0.3, -0.25) is 9.59 Å². The van der Waals surface area contributed by atoms with Crippen molar-refractivity contribution in [3.63, 3.8) is 0 Å². The Morgan fingerprint density at radius 1 is 1.36 bits per heavy atom. The van der Waals surface area contributed by atoms with Gasteiger partial charge in [0, 0.05) is 22.7 Å². The number of hydrogen-bond acceptors (Lipinski definition) is 6. The number of Topliss-reactive ketones (excluding diaryl/α,β-unsaturated/α-hetero) is 1. The van der Waals surface area contributed by atoms with Crippen molar-refractivity contribution in [2.24, 2.45) is 0 Å². The summed E-state index contributed by atoms with van der Waals surface area (Å²) in [4.78, 5) is 27.2. The predicted octanol–water partition coefficient (Wildman–Crippen LogP) is 0.969. The Kier molecular flexibility index (Phi) is 3.65. The lowest BCUT2D eigenvalue weighted by atomic mass is 10.1. The van der Waals surface area contributed by atoms with Crippen molar-refractivity contribution in [1.29, 1.82) is 0 Å². The molecule has 0 spiro atoms. The van der Waals surface area contributed by atoms with Crippen LogP contribution in [0.2, 0.25) is 0 Å². The van der Waals surface area contributed by atoms with Crippen molar-refractivity contribution >= 4 is 22.7 Å². The molecule has 1 atom stereocenters. The van der Waals surface area contributed by atoms with Crippen molar-refractivity contribution in [3.8, 4) is 0 Å². The van der Waals surface area contributed by atoms with E-state index in [2.05, 4.69) is 20.5 Å². The first-order valence-corrected chi connectivity index (χ1v) is 6.65. The number of esters is 1. The van der Waals surface area contributed by atoms with E-state index in [1.165, 1.54) is 11.0 Å². The van der Waals surface area contributed by atoms with Crippen LogP contribution in [0.15, 0.2) is 36.8 Å². The van der Waals surface area contributed by atoms with Crippen LogP contribution in [-0.2, 0) is 16.1 Å². The Hall–Kier alpha value is -3.03. The number of rotatable bonds is 5. The third kappa shape index (κ3) is 2.71. The van der Waals surface area contributed by atoms with Crippen molar-refractivity contribution in [2.45, 2.75) is 19.6 Å². The number of benzene rings is 1. The first kappa shape index (κ1) is 13.9. The van der Waals surface area contributed by atoms with Crippen LogP contribution in [0.1, 0.15) is 17.3 Å². The molecule has 0 aliphatic carbocycles. The summed E-state index contributed by atoms with van der Waals surface area (Å²) < 4.78 is 6.37. The Labute approximate surface area is 125 Å². The highest BCUT2D eigenvalue weighted by Gasteiger charge is 2.22. The molecule has 0 saturated heterocycles. The largest absolute Gasteiger partial charge is 0.453 e. The molecule has 3 aromatic rings. The first-order valence-electron chi connectivity index (χ1n) is 6.65. The first-order chi connectivity index (χ1) is 10.6. The molecule has 0 amide bonds. The number of tetrazole rings is 1. The summed E-state index contributed by atoms with van der Waals surface area (Å²) in [7, 11) is 0. The van der Waals surface area contributed by atoms with Gasteiger partial charge < -0.3 is 9.72 Å². The maximum atomic E-state index is 12.4. The molecule has 0 bridgehead atoms. The van der Waals surface area contributed by atoms with E-state index in [1.54, 1.807) is 13.1 Å². The van der Waals surface area contributed by atoms with Crippen molar-refractivity contribution in [1.82, 2.24) is 25.2 Å². The molecule has 2 heterocycles. The Balaban J connectivity index is 1.70. The molecule has 2 aromatic heterocycles. The van der Waals surface area contributed by atoms with E-state index >= 15 is 0 Å². The van der Waals surface area contributed by atoms with Gasteiger partial charge in [-0.1, -0.05) is 18.2 Å². The van der Waals surface area contributed by atoms with E-state index in [0.717, 1.165) is 10.9 Å². The zero-order chi connectivity index (χ0) is 15.5. The normalized spacial score (nSPS) is 12.2. The maximum Gasteiger partial charge on any atom is 0.328 e. The van der Waals surface area contributed by atoms with Gasteiger partial charge >= 0.3 is 5.97 Å². The van der Waals surface area contributed by atoms with Crippen molar-refractivity contribution < 1.29 is 14.3 Å². The average molecular weight is 299 g/mol. The number of ether oxygens (including phenoxy) is 1. The van der Waals surface area contributed by atoms with Crippen LogP contribution >= 0.6 is 0 Å². The minimum atomic E-state index is -0.886. The number of carbonyl (C=O) groups excluding carboxylic acids is 2. The van der Waals surface area contributed by atoms with Crippen LogP contribution < -0.4 is 0 Å². The van der Waals surface area contributed by atoms with Gasteiger partial charge in [0.05, 0.1) is 0 Å². The molecular weight excluding hydrogens is 286 g/mol. The lowest BCUT2D eigenvalue weighted by Crippen LogP contribution is -2.26. The summed E-state index contributed by atoms with van der Waals surface area (Å²) >= 11 is 0. The molecule has 1 unspecified atom stereocenters. The van der Waals surface area contributed by atoms with E-state index < -0.39 is 12.1 Å². The molecule has 1 N–H and O–H groups in total. The van der Waals surface area contributed by atoms with Gasteiger partial charge in [0.2, 0.25) is 5.78 Å². The van der Waals surface area contributed by atoms with Crippen LogP contribution in [-0.4, -0.2) is 43.0 Å². The number of aromatic amines is 1. The molecule has 0 aliphatic rings. The quantitative estimate of drug-likeness (QED) is 0.556. The molecule has 3 rings (SSSR count). The highest BCUT2D eigenvalue weighted by molar-refractivity contribution is 6.10. The Morgan fingerprint density at radius 3 is 2.95 bits per heavy atom. The van der Waals surface area contributed by atoms with Gasteiger partial charge in [0.15, 0.2) is 6.10 Å². The molecule has 0 radical (unpaired) electrons. The number of aromatic nitrogens is 5. The lowest BCUT2D eigenvalue weighted by Gasteiger charge is -2.11. The number of para-hydroxylation sites is 1. The molecular formula is C14H13N5O3. The second-order valence-corrected chi connectivity index (χ2v) is 4.75. The maximum absolute atomic E-state index is 12.4. The summed E-state index contributed by atoms with van der Waals surface area (Å²) in [5.74, 6) is -0.837. The Bertz CT molecular complexity index is 809. The van der Waals surface area contributed by atoms with Gasteiger partial charge in [-0.05, 0) is 23.4 Å². The smallest absolute Gasteiger partial charge is 0.328 e. The number of ketones is 1. The zero-order valence-corrected chi connectivity index (χ0v) is 11.8. The molecule has 0 fully saturated rings. The predicted molar refractivity (Wildman–Crippen MR) is 76.0 cm³/mol. The van der Waals surface area contributed by atoms with Crippen LogP contribution in [0.4, 0.5) is 0 Å². The van der Waals surface area contributed by atoms with E-state index in [9.17, 15) is 9.59 Å². The van der Waals surface area contributed by atoms with Crippen LogP contribution in [0.25, 0.3) is 10.9 Å². The van der Waals surface area contributed by atoms with Crippen LogP contribution in [0.5, 0.6) is 0 Å². The highest BCUT2D eigenvalue weighted by atomic mass is 16.5. The summed E-state index contributed by atoms with van der Waals surface area (Å²) in [6.07, 6.45) is 2.04. The average Bonchev–Trinajstić information content (AvgIpc) is 3.15. The van der Waals surface area contributed by atoms with Crippen molar-refractivity contribution in [3.05, 3.63) is 42.4 Å². The topological polar surface area (TPSA) is 103 Å². The van der Waals surface area contributed by atoms with Gasteiger partial charge in [0.1, 0.15) is 12.9 Å². The van der Waals surface area contributed by atoms with E-state index in [0.29, 0.717) is 5.56 Å². The third-order valence-corrected chi connectivity index (χ3v) is 3.21. The SMILES string of the molecule is CC(OC(=O)Cn1cnnn1)C(=O)c1c[nH]c2ccccc12. The number of H-pyrrole nitrogens is 1. The van der Waals surface area contributed by atoms with E-state index in [4.69, 9.17) is 4.74 Å². The number of carbonyl (C=O) groups is 2. The summed E-state index contributed by atoms with van der Waals surface area (Å²) in [6, 6.07) is 7.44. The van der Waals surface area contributed by atoms with Gasteiger partial charge in [-0.2, -0.15) is 0 Å². The number of fused-ring (bicyclic) bond motifs is 1.